The van der Waals surface area contributed by atoms with Crippen molar-refractivity contribution in [1.29, 1.82) is 0 Å². The van der Waals surface area contributed by atoms with Crippen molar-refractivity contribution in [1.82, 2.24) is 4.37 Å². The first-order valence-corrected chi connectivity index (χ1v) is 9.14. The van der Waals surface area contributed by atoms with Crippen molar-refractivity contribution in [3.8, 4) is 0 Å². The number of anilines is 2. The van der Waals surface area contributed by atoms with Crippen molar-refractivity contribution >= 4 is 32.2 Å². The summed E-state index contributed by atoms with van der Waals surface area (Å²) in [6, 6.07) is 0.351. The molecule has 0 aromatic carbocycles. The van der Waals surface area contributed by atoms with Crippen LogP contribution < -0.4 is 10.6 Å². The van der Waals surface area contributed by atoms with E-state index in [0.717, 1.165) is 24.4 Å². The Hall–Kier alpha value is -0.820. The maximum atomic E-state index is 12.3. The van der Waals surface area contributed by atoms with Crippen molar-refractivity contribution in [3.63, 3.8) is 0 Å². The normalized spacial score (nSPS) is 20.7. The summed E-state index contributed by atoms with van der Waals surface area (Å²) < 4.78 is 28.8. The van der Waals surface area contributed by atoms with Crippen LogP contribution in [0.2, 0.25) is 0 Å². The van der Waals surface area contributed by atoms with Crippen LogP contribution in [0.1, 0.15) is 39.5 Å². The highest BCUT2D eigenvalue weighted by molar-refractivity contribution is 7.91. The molecule has 0 spiro atoms. The number of hydrogen-bond donors (Lipinski definition) is 1. The summed E-state index contributed by atoms with van der Waals surface area (Å²) in [5.41, 5.74) is 5.80. The molecule has 1 aliphatic heterocycles. The van der Waals surface area contributed by atoms with Crippen molar-refractivity contribution in [3.05, 3.63) is 0 Å². The summed E-state index contributed by atoms with van der Waals surface area (Å²) in [4.78, 5) is 2.41. The minimum atomic E-state index is -3.32. The fourth-order valence-electron chi connectivity index (χ4n) is 2.53. The van der Waals surface area contributed by atoms with E-state index in [0.29, 0.717) is 12.5 Å². The highest BCUT2D eigenvalue weighted by Gasteiger charge is 2.30. The summed E-state index contributed by atoms with van der Waals surface area (Å²) in [6.07, 6.45) is 3.97. The van der Waals surface area contributed by atoms with Gasteiger partial charge in [0.05, 0.1) is 5.75 Å². The van der Waals surface area contributed by atoms with Crippen LogP contribution >= 0.6 is 11.5 Å². The minimum absolute atomic E-state index is 0.130. The van der Waals surface area contributed by atoms with E-state index in [1.807, 2.05) is 6.92 Å². The lowest BCUT2D eigenvalue weighted by Gasteiger charge is -2.34. The molecule has 1 aromatic rings. The van der Waals surface area contributed by atoms with Gasteiger partial charge in [-0.15, -0.1) is 0 Å². The fraction of sp³-hybridized carbons (Fsp3) is 0.750. The van der Waals surface area contributed by atoms with Gasteiger partial charge in [-0.2, -0.15) is 4.37 Å². The van der Waals surface area contributed by atoms with Gasteiger partial charge < -0.3 is 10.6 Å². The molecule has 5 nitrogen and oxygen atoms in total. The van der Waals surface area contributed by atoms with Crippen LogP contribution in [-0.2, 0) is 9.84 Å². The Morgan fingerprint density at radius 2 is 2.21 bits per heavy atom. The second-order valence-corrected chi connectivity index (χ2v) is 7.86. The molecule has 0 bridgehead atoms. The number of hydrogen-bond acceptors (Lipinski definition) is 6. The second kappa shape index (κ2) is 5.66. The van der Waals surface area contributed by atoms with E-state index in [-0.39, 0.29) is 16.5 Å². The van der Waals surface area contributed by atoms with Crippen LogP contribution in [0.4, 0.5) is 10.8 Å². The van der Waals surface area contributed by atoms with Crippen LogP contribution in [0.5, 0.6) is 0 Å². The summed E-state index contributed by atoms with van der Waals surface area (Å²) >= 11 is 1.21. The Bertz CT molecular complexity index is 539. The first kappa shape index (κ1) is 14.6. The predicted molar refractivity (Wildman–Crippen MR) is 79.5 cm³/mol. The van der Waals surface area contributed by atoms with Gasteiger partial charge in [-0.1, -0.05) is 6.92 Å². The lowest BCUT2D eigenvalue weighted by molar-refractivity contribution is 0.485. The average Bonchev–Trinajstić information content (AvgIpc) is 2.72. The van der Waals surface area contributed by atoms with Gasteiger partial charge in [-0.05, 0) is 44.1 Å². The molecular formula is C12H21N3O2S2. The van der Waals surface area contributed by atoms with Crippen molar-refractivity contribution < 1.29 is 8.42 Å². The van der Waals surface area contributed by atoms with E-state index in [2.05, 4.69) is 16.2 Å². The SMILES string of the molecule is CCCS(=O)(=O)c1c(N)nsc1N1CCCCC1C. The molecule has 7 heteroatoms. The molecule has 1 saturated heterocycles. The molecule has 1 aliphatic rings. The highest BCUT2D eigenvalue weighted by Crippen LogP contribution is 2.38. The molecule has 108 valence electrons. The van der Waals surface area contributed by atoms with E-state index in [4.69, 9.17) is 5.73 Å². The molecular weight excluding hydrogens is 282 g/mol. The Morgan fingerprint density at radius 3 is 2.84 bits per heavy atom. The number of aromatic nitrogens is 1. The third kappa shape index (κ3) is 2.86. The molecule has 0 aliphatic carbocycles. The summed E-state index contributed by atoms with van der Waals surface area (Å²) in [7, 11) is -3.32. The smallest absolute Gasteiger partial charge is 0.185 e. The van der Waals surface area contributed by atoms with Crippen molar-refractivity contribution in [2.24, 2.45) is 0 Å². The Labute approximate surface area is 118 Å². The van der Waals surface area contributed by atoms with Gasteiger partial charge in [0.2, 0.25) is 0 Å². The Kier molecular flexibility index (Phi) is 4.35. The summed E-state index contributed by atoms with van der Waals surface area (Å²) in [6.45, 7) is 4.87. The molecule has 1 aromatic heterocycles. The number of piperidine rings is 1. The average molecular weight is 303 g/mol. The van der Waals surface area contributed by atoms with E-state index >= 15 is 0 Å². The largest absolute Gasteiger partial charge is 0.382 e. The number of sulfone groups is 1. The van der Waals surface area contributed by atoms with Gasteiger partial charge in [-0.3, -0.25) is 0 Å². The Morgan fingerprint density at radius 1 is 1.47 bits per heavy atom. The molecule has 19 heavy (non-hydrogen) atoms. The van der Waals surface area contributed by atoms with E-state index in [9.17, 15) is 8.42 Å². The predicted octanol–water partition coefficient (Wildman–Crippen LogP) is 2.29. The molecule has 1 atom stereocenters. The van der Waals surface area contributed by atoms with Crippen molar-refractivity contribution in [2.75, 3.05) is 22.9 Å². The van der Waals surface area contributed by atoms with Gasteiger partial charge in [0, 0.05) is 12.6 Å². The third-order valence-corrected chi connectivity index (χ3v) is 6.50. The van der Waals surface area contributed by atoms with Crippen LogP contribution in [0.25, 0.3) is 0 Å². The lowest BCUT2D eigenvalue weighted by Crippen LogP contribution is -2.37. The van der Waals surface area contributed by atoms with Crippen LogP contribution in [0, 0.1) is 0 Å². The number of nitrogens with two attached hydrogens (primary N) is 1. The zero-order valence-electron chi connectivity index (χ0n) is 11.4. The molecule has 0 saturated carbocycles. The van der Waals surface area contributed by atoms with Crippen LogP contribution in [0.3, 0.4) is 0 Å². The van der Waals surface area contributed by atoms with Gasteiger partial charge in [0.1, 0.15) is 9.90 Å². The summed E-state index contributed by atoms with van der Waals surface area (Å²) in [5, 5.41) is 0.734. The number of nitrogens with zero attached hydrogens (tertiary/aromatic N) is 2. The van der Waals surface area contributed by atoms with Gasteiger partial charge >= 0.3 is 0 Å². The quantitative estimate of drug-likeness (QED) is 0.923. The highest BCUT2D eigenvalue weighted by atomic mass is 32.2. The van der Waals surface area contributed by atoms with Crippen molar-refractivity contribution in [2.45, 2.75) is 50.5 Å². The van der Waals surface area contributed by atoms with E-state index in [1.165, 1.54) is 18.0 Å². The second-order valence-electron chi connectivity index (χ2n) is 5.06. The monoisotopic (exact) mass is 303 g/mol. The topological polar surface area (TPSA) is 76.3 Å². The van der Waals surface area contributed by atoms with E-state index in [1.54, 1.807) is 0 Å². The van der Waals surface area contributed by atoms with Crippen LogP contribution in [-0.4, -0.2) is 31.1 Å². The molecule has 2 heterocycles. The third-order valence-electron chi connectivity index (χ3n) is 3.51. The Balaban J connectivity index is 2.42. The molecule has 1 fully saturated rings. The molecule has 2 rings (SSSR count). The zero-order chi connectivity index (χ0) is 14.0. The van der Waals surface area contributed by atoms with Gasteiger partial charge in [-0.25, -0.2) is 8.42 Å². The number of rotatable bonds is 4. The molecule has 2 N–H and O–H groups in total. The summed E-state index contributed by atoms with van der Waals surface area (Å²) in [5.74, 6) is 0.288. The first-order chi connectivity index (χ1) is 8.97. The lowest BCUT2D eigenvalue weighted by atomic mass is 10.0. The number of nitrogen functional groups attached to an aromatic ring is 1. The zero-order valence-corrected chi connectivity index (χ0v) is 13.1. The van der Waals surface area contributed by atoms with Gasteiger partial charge in [0.15, 0.2) is 15.7 Å². The standard InChI is InChI=1S/C12H21N3O2S2/c1-3-8-19(16,17)10-11(13)14-18-12(10)15-7-5-4-6-9(15)2/h9H,3-8H2,1-2H3,(H2,13,14). The van der Waals surface area contributed by atoms with Gasteiger partial charge in [0.25, 0.3) is 0 Å². The minimum Gasteiger partial charge on any atom is -0.382 e. The fourth-order valence-corrected chi connectivity index (χ4v) is 5.41. The first-order valence-electron chi connectivity index (χ1n) is 6.72. The maximum absolute atomic E-state index is 12.3. The maximum Gasteiger partial charge on any atom is 0.185 e. The van der Waals surface area contributed by atoms with Crippen LogP contribution in [0.15, 0.2) is 4.90 Å². The molecule has 0 amide bonds. The molecule has 0 radical (unpaired) electrons. The molecule has 1 unspecified atom stereocenters. The van der Waals surface area contributed by atoms with E-state index < -0.39 is 9.84 Å².